The van der Waals surface area contributed by atoms with Crippen LogP contribution >= 0.6 is 34.8 Å². The van der Waals surface area contributed by atoms with Gasteiger partial charge in [-0.25, -0.2) is 0 Å². The van der Waals surface area contributed by atoms with Gasteiger partial charge in [0.05, 0.1) is 5.02 Å². The maximum atomic E-state index is 11.7. The predicted octanol–water partition coefficient (Wildman–Crippen LogP) is 4.59. The van der Waals surface area contributed by atoms with E-state index in [1.54, 1.807) is 18.2 Å². The Morgan fingerprint density at radius 1 is 1.20 bits per heavy atom. The Morgan fingerprint density at radius 2 is 1.93 bits per heavy atom. The standard InChI is InChI=1S/C11H11Cl3O/c12-6-2-1-3-11(15)9-5-4-8(13)7-10(9)14/h4-5,7H,1-3,6H2. The second-order valence-electron chi connectivity index (χ2n) is 3.19. The summed E-state index contributed by atoms with van der Waals surface area (Å²) in [6.45, 7) is 0. The van der Waals surface area contributed by atoms with Crippen LogP contribution in [0.15, 0.2) is 18.2 Å². The first-order valence-electron chi connectivity index (χ1n) is 4.69. The third-order valence-corrected chi connectivity index (χ3v) is 2.83. The lowest BCUT2D eigenvalue weighted by atomic mass is 10.1. The summed E-state index contributed by atoms with van der Waals surface area (Å²) >= 11 is 17.2. The van der Waals surface area contributed by atoms with Crippen LogP contribution in [0.2, 0.25) is 10.0 Å². The third kappa shape index (κ3) is 4.02. The van der Waals surface area contributed by atoms with Crippen LogP contribution in [0.5, 0.6) is 0 Å². The number of carbonyl (C=O) groups excluding carboxylic acids is 1. The van der Waals surface area contributed by atoms with Gasteiger partial charge in [-0.05, 0) is 31.0 Å². The van der Waals surface area contributed by atoms with Gasteiger partial charge in [0.25, 0.3) is 0 Å². The summed E-state index contributed by atoms with van der Waals surface area (Å²) < 4.78 is 0. The molecule has 0 spiro atoms. The predicted molar refractivity (Wildman–Crippen MR) is 65.4 cm³/mol. The van der Waals surface area contributed by atoms with E-state index >= 15 is 0 Å². The average molecular weight is 266 g/mol. The molecular formula is C11H11Cl3O. The van der Waals surface area contributed by atoms with Gasteiger partial charge in [-0.3, -0.25) is 4.79 Å². The molecule has 4 heteroatoms. The maximum absolute atomic E-state index is 11.7. The van der Waals surface area contributed by atoms with E-state index in [9.17, 15) is 4.79 Å². The molecule has 0 unspecified atom stereocenters. The van der Waals surface area contributed by atoms with E-state index < -0.39 is 0 Å². The number of alkyl halides is 1. The van der Waals surface area contributed by atoms with Crippen molar-refractivity contribution in [3.63, 3.8) is 0 Å². The smallest absolute Gasteiger partial charge is 0.164 e. The van der Waals surface area contributed by atoms with Crippen molar-refractivity contribution in [1.82, 2.24) is 0 Å². The fraction of sp³-hybridized carbons (Fsp3) is 0.364. The molecule has 0 saturated carbocycles. The summed E-state index contributed by atoms with van der Waals surface area (Å²) in [5, 5.41) is 0.954. The van der Waals surface area contributed by atoms with Crippen molar-refractivity contribution in [2.75, 3.05) is 5.88 Å². The van der Waals surface area contributed by atoms with Crippen LogP contribution in [0.1, 0.15) is 29.6 Å². The number of rotatable bonds is 5. The lowest BCUT2D eigenvalue weighted by molar-refractivity contribution is 0.0980. The number of Topliss-reactive ketones (excluding diaryl/α,β-unsaturated/α-hetero) is 1. The molecule has 0 atom stereocenters. The Kier molecular flexibility index (Phi) is 5.44. The zero-order chi connectivity index (χ0) is 11.3. The van der Waals surface area contributed by atoms with Crippen LogP contribution in [0.4, 0.5) is 0 Å². The van der Waals surface area contributed by atoms with Gasteiger partial charge < -0.3 is 0 Å². The van der Waals surface area contributed by atoms with Gasteiger partial charge in [-0.1, -0.05) is 23.2 Å². The molecule has 0 bridgehead atoms. The number of halogens is 3. The van der Waals surface area contributed by atoms with E-state index in [2.05, 4.69) is 0 Å². The van der Waals surface area contributed by atoms with Crippen LogP contribution < -0.4 is 0 Å². The molecule has 0 aliphatic carbocycles. The first kappa shape index (κ1) is 12.8. The lowest BCUT2D eigenvalue weighted by Gasteiger charge is -2.03. The summed E-state index contributed by atoms with van der Waals surface area (Å²) in [6.07, 6.45) is 2.12. The molecule has 0 aliphatic heterocycles. The lowest BCUT2D eigenvalue weighted by Crippen LogP contribution is -2.00. The van der Waals surface area contributed by atoms with Gasteiger partial charge in [0.1, 0.15) is 0 Å². The molecule has 1 aromatic rings. The van der Waals surface area contributed by atoms with Crippen molar-refractivity contribution in [2.24, 2.45) is 0 Å². The Morgan fingerprint density at radius 3 is 2.53 bits per heavy atom. The number of benzene rings is 1. The van der Waals surface area contributed by atoms with Crippen LogP contribution in [0, 0.1) is 0 Å². The van der Waals surface area contributed by atoms with Crippen LogP contribution in [-0.4, -0.2) is 11.7 Å². The van der Waals surface area contributed by atoms with Crippen LogP contribution in [0.25, 0.3) is 0 Å². The highest BCUT2D eigenvalue weighted by Crippen LogP contribution is 2.22. The van der Waals surface area contributed by atoms with Crippen molar-refractivity contribution < 1.29 is 4.79 Å². The van der Waals surface area contributed by atoms with Gasteiger partial charge in [0.15, 0.2) is 5.78 Å². The largest absolute Gasteiger partial charge is 0.294 e. The van der Waals surface area contributed by atoms with Crippen molar-refractivity contribution in [3.8, 4) is 0 Å². The fourth-order valence-electron chi connectivity index (χ4n) is 1.23. The number of ketones is 1. The zero-order valence-electron chi connectivity index (χ0n) is 8.10. The molecule has 0 radical (unpaired) electrons. The molecule has 1 rings (SSSR count). The molecule has 0 aliphatic rings. The van der Waals surface area contributed by atoms with Gasteiger partial charge in [-0.15, -0.1) is 11.6 Å². The Hall–Kier alpha value is -0.240. The molecule has 0 N–H and O–H groups in total. The minimum absolute atomic E-state index is 0.0433. The minimum atomic E-state index is 0.0433. The second kappa shape index (κ2) is 6.37. The minimum Gasteiger partial charge on any atom is -0.294 e. The first-order chi connectivity index (χ1) is 7.15. The van der Waals surface area contributed by atoms with E-state index in [4.69, 9.17) is 34.8 Å². The molecule has 0 amide bonds. The van der Waals surface area contributed by atoms with Crippen molar-refractivity contribution >= 4 is 40.6 Å². The summed E-state index contributed by atoms with van der Waals surface area (Å²) in [4.78, 5) is 11.7. The molecule has 0 saturated heterocycles. The summed E-state index contributed by atoms with van der Waals surface area (Å²) in [5.74, 6) is 0.628. The first-order valence-corrected chi connectivity index (χ1v) is 5.98. The molecule has 82 valence electrons. The maximum Gasteiger partial charge on any atom is 0.164 e. The molecule has 1 aromatic carbocycles. The van der Waals surface area contributed by atoms with Gasteiger partial charge >= 0.3 is 0 Å². The number of hydrogen-bond donors (Lipinski definition) is 0. The molecular weight excluding hydrogens is 254 g/mol. The average Bonchev–Trinajstić information content (AvgIpc) is 2.17. The summed E-state index contributed by atoms with van der Waals surface area (Å²) in [7, 11) is 0. The molecule has 1 nitrogen and oxygen atoms in total. The SMILES string of the molecule is O=C(CCCCCl)c1ccc(Cl)cc1Cl. The normalized spacial score (nSPS) is 10.3. The molecule has 0 heterocycles. The third-order valence-electron chi connectivity index (χ3n) is 2.02. The van der Waals surface area contributed by atoms with E-state index in [0.717, 1.165) is 12.8 Å². The van der Waals surface area contributed by atoms with Crippen molar-refractivity contribution in [3.05, 3.63) is 33.8 Å². The number of carbonyl (C=O) groups is 1. The Balaban J connectivity index is 2.65. The zero-order valence-corrected chi connectivity index (χ0v) is 10.4. The number of hydrogen-bond acceptors (Lipinski definition) is 1. The number of unbranched alkanes of at least 4 members (excludes halogenated alkanes) is 1. The summed E-state index contributed by atoms with van der Waals surface area (Å²) in [6, 6.07) is 4.91. The van der Waals surface area contributed by atoms with Gasteiger partial charge in [-0.2, -0.15) is 0 Å². The highest BCUT2D eigenvalue weighted by Gasteiger charge is 2.09. The van der Waals surface area contributed by atoms with E-state index in [1.807, 2.05) is 0 Å². The van der Waals surface area contributed by atoms with Gasteiger partial charge in [0.2, 0.25) is 0 Å². The Bertz CT molecular complexity index is 350. The van der Waals surface area contributed by atoms with Crippen LogP contribution in [-0.2, 0) is 0 Å². The van der Waals surface area contributed by atoms with Crippen LogP contribution in [0.3, 0.4) is 0 Å². The monoisotopic (exact) mass is 264 g/mol. The summed E-state index contributed by atoms with van der Waals surface area (Å²) in [5.41, 5.74) is 0.538. The highest BCUT2D eigenvalue weighted by atomic mass is 35.5. The Labute approximate surface area is 104 Å². The molecule has 0 aromatic heterocycles. The molecule has 15 heavy (non-hydrogen) atoms. The fourth-order valence-corrected chi connectivity index (χ4v) is 1.93. The van der Waals surface area contributed by atoms with Gasteiger partial charge in [0, 0.05) is 22.9 Å². The topological polar surface area (TPSA) is 17.1 Å². The van der Waals surface area contributed by atoms with E-state index in [1.165, 1.54) is 0 Å². The van der Waals surface area contributed by atoms with E-state index in [-0.39, 0.29) is 5.78 Å². The second-order valence-corrected chi connectivity index (χ2v) is 4.42. The van der Waals surface area contributed by atoms with E-state index in [0.29, 0.717) is 27.9 Å². The quantitative estimate of drug-likeness (QED) is 0.432. The van der Waals surface area contributed by atoms with Crippen molar-refractivity contribution in [2.45, 2.75) is 19.3 Å². The molecule has 0 fully saturated rings. The highest BCUT2D eigenvalue weighted by molar-refractivity contribution is 6.36. The van der Waals surface area contributed by atoms with Crippen molar-refractivity contribution in [1.29, 1.82) is 0 Å².